The molecule has 0 unspecified atom stereocenters. The Morgan fingerprint density at radius 1 is 1.04 bits per heavy atom. The summed E-state index contributed by atoms with van der Waals surface area (Å²) >= 11 is 6.15. The Labute approximate surface area is 159 Å². The number of hydrogen-bond acceptors (Lipinski definition) is 2. The van der Waals surface area contributed by atoms with E-state index in [1.165, 1.54) is 16.7 Å². The minimum absolute atomic E-state index is 0.294. The quantitative estimate of drug-likeness (QED) is 0.501. The molecule has 26 heavy (non-hydrogen) atoms. The lowest BCUT2D eigenvalue weighted by atomic mass is 10.0. The number of benzene rings is 2. The van der Waals surface area contributed by atoms with Crippen LogP contribution in [0.3, 0.4) is 0 Å². The minimum atomic E-state index is 0.294. The molecule has 0 radical (unpaired) electrons. The molecular weight excluding hydrogens is 344 g/mol. The monoisotopic (exact) mass is 366 g/mol. The highest BCUT2D eigenvalue weighted by Gasteiger charge is 2.15. The van der Waals surface area contributed by atoms with Crippen molar-refractivity contribution >= 4 is 17.9 Å². The number of unbranched alkanes of at least 4 members (excludes halogenated alkanes) is 1. The molecule has 1 aromatic heterocycles. The first-order chi connectivity index (χ1) is 12.6. The van der Waals surface area contributed by atoms with Crippen LogP contribution in [0.2, 0.25) is 5.15 Å². The summed E-state index contributed by atoms with van der Waals surface area (Å²) in [6.45, 7) is 4.82. The molecule has 4 heteroatoms. The molecular formula is C22H23ClN2O. The normalized spacial score (nSPS) is 10.9. The smallest absolute Gasteiger partial charge is 0.169 e. The number of imidazole rings is 1. The van der Waals surface area contributed by atoms with Crippen molar-refractivity contribution in [1.29, 1.82) is 0 Å². The Hall–Kier alpha value is -2.39. The van der Waals surface area contributed by atoms with Crippen LogP contribution in [0.15, 0.2) is 48.5 Å². The second kappa shape index (κ2) is 8.33. The van der Waals surface area contributed by atoms with Crippen LogP contribution in [0.1, 0.15) is 47.2 Å². The Kier molecular flexibility index (Phi) is 5.89. The van der Waals surface area contributed by atoms with E-state index < -0.39 is 0 Å². The van der Waals surface area contributed by atoms with Gasteiger partial charge in [0.15, 0.2) is 11.4 Å². The van der Waals surface area contributed by atoms with E-state index in [1.807, 2.05) is 4.57 Å². The van der Waals surface area contributed by atoms with Gasteiger partial charge < -0.3 is 4.57 Å². The molecule has 0 saturated carbocycles. The Morgan fingerprint density at radius 2 is 1.65 bits per heavy atom. The number of hydrogen-bond donors (Lipinski definition) is 0. The summed E-state index contributed by atoms with van der Waals surface area (Å²) in [6, 6.07) is 16.9. The van der Waals surface area contributed by atoms with E-state index in [2.05, 4.69) is 67.4 Å². The van der Waals surface area contributed by atoms with Gasteiger partial charge in [-0.15, -0.1) is 0 Å². The molecule has 0 saturated heterocycles. The van der Waals surface area contributed by atoms with Crippen molar-refractivity contribution < 1.29 is 4.79 Å². The summed E-state index contributed by atoms with van der Waals surface area (Å²) in [5.74, 6) is 0.876. The highest BCUT2D eigenvalue weighted by Crippen LogP contribution is 2.23. The molecule has 0 bridgehead atoms. The first kappa shape index (κ1) is 18.4. The first-order valence-corrected chi connectivity index (χ1v) is 9.36. The number of rotatable bonds is 7. The first-order valence-electron chi connectivity index (χ1n) is 8.98. The summed E-state index contributed by atoms with van der Waals surface area (Å²) in [5, 5.41) is 0.294. The van der Waals surface area contributed by atoms with Gasteiger partial charge in [0, 0.05) is 13.0 Å². The van der Waals surface area contributed by atoms with E-state index in [9.17, 15) is 4.79 Å². The average Bonchev–Trinajstić information content (AvgIpc) is 2.95. The lowest BCUT2D eigenvalue weighted by molar-refractivity contribution is 0.111. The molecule has 0 atom stereocenters. The van der Waals surface area contributed by atoms with Crippen molar-refractivity contribution in [2.75, 3.05) is 0 Å². The minimum Gasteiger partial charge on any atom is -0.320 e. The maximum Gasteiger partial charge on any atom is 0.169 e. The zero-order valence-corrected chi connectivity index (χ0v) is 16.0. The number of halogens is 1. The number of nitrogens with zero attached hydrogens (tertiary/aromatic N) is 2. The van der Waals surface area contributed by atoms with Gasteiger partial charge in [-0.2, -0.15) is 0 Å². The van der Waals surface area contributed by atoms with Crippen LogP contribution >= 0.6 is 11.6 Å². The van der Waals surface area contributed by atoms with Crippen molar-refractivity contribution in [2.24, 2.45) is 0 Å². The summed E-state index contributed by atoms with van der Waals surface area (Å²) in [6.07, 6.45) is 3.72. The van der Waals surface area contributed by atoms with Gasteiger partial charge in [0.2, 0.25) is 0 Å². The van der Waals surface area contributed by atoms with Gasteiger partial charge in [-0.25, -0.2) is 4.98 Å². The van der Waals surface area contributed by atoms with Crippen LogP contribution < -0.4 is 0 Å². The van der Waals surface area contributed by atoms with Gasteiger partial charge in [0.25, 0.3) is 0 Å². The van der Waals surface area contributed by atoms with Crippen molar-refractivity contribution in [3.05, 3.63) is 76.3 Å². The zero-order valence-electron chi connectivity index (χ0n) is 15.2. The molecule has 0 N–H and O–H groups in total. The molecule has 0 spiro atoms. The second-order valence-electron chi connectivity index (χ2n) is 6.57. The molecule has 3 nitrogen and oxygen atoms in total. The second-order valence-corrected chi connectivity index (χ2v) is 6.93. The number of aryl methyl sites for hydroxylation is 2. The Morgan fingerprint density at radius 3 is 2.23 bits per heavy atom. The lowest BCUT2D eigenvalue weighted by Gasteiger charge is -2.10. The van der Waals surface area contributed by atoms with E-state index >= 15 is 0 Å². The maximum atomic E-state index is 11.4. The zero-order chi connectivity index (χ0) is 18.5. The van der Waals surface area contributed by atoms with Crippen molar-refractivity contribution in [2.45, 2.75) is 39.7 Å². The van der Waals surface area contributed by atoms with Gasteiger partial charge >= 0.3 is 0 Å². The fourth-order valence-electron chi connectivity index (χ4n) is 3.03. The Bertz CT molecular complexity index is 880. The molecule has 134 valence electrons. The van der Waals surface area contributed by atoms with E-state index in [4.69, 9.17) is 11.6 Å². The van der Waals surface area contributed by atoms with Gasteiger partial charge in [-0.1, -0.05) is 79.0 Å². The summed E-state index contributed by atoms with van der Waals surface area (Å²) in [5.41, 5.74) is 5.21. The molecule has 1 heterocycles. The SMILES string of the molecule is CCCCc1nc(Cl)c(C=O)n1Cc1ccc(-c2ccc(C)cc2)cc1. The fraction of sp³-hybridized carbons (Fsp3) is 0.273. The van der Waals surface area contributed by atoms with Crippen molar-refractivity contribution in [3.8, 4) is 11.1 Å². The van der Waals surface area contributed by atoms with E-state index in [0.29, 0.717) is 17.4 Å². The van der Waals surface area contributed by atoms with Crippen LogP contribution in [0.5, 0.6) is 0 Å². The van der Waals surface area contributed by atoms with E-state index in [-0.39, 0.29) is 0 Å². The predicted octanol–water partition coefficient (Wildman–Crippen LogP) is 5.72. The molecule has 0 amide bonds. The summed E-state index contributed by atoms with van der Waals surface area (Å²) in [4.78, 5) is 15.8. The van der Waals surface area contributed by atoms with Crippen LogP contribution in [-0.2, 0) is 13.0 Å². The topological polar surface area (TPSA) is 34.9 Å². The molecule has 2 aromatic carbocycles. The highest BCUT2D eigenvalue weighted by atomic mass is 35.5. The number of carbonyl (C=O) groups excluding carboxylic acids is 1. The molecule has 0 aliphatic heterocycles. The average molecular weight is 367 g/mol. The summed E-state index contributed by atoms with van der Waals surface area (Å²) in [7, 11) is 0. The summed E-state index contributed by atoms with van der Waals surface area (Å²) < 4.78 is 1.94. The number of carbonyl (C=O) groups is 1. The maximum absolute atomic E-state index is 11.4. The standard InChI is InChI=1S/C22H23ClN2O/c1-3-4-5-21-24-22(23)20(15-26)25(21)14-17-8-12-19(13-9-17)18-10-6-16(2)7-11-18/h6-13,15H,3-5,14H2,1-2H3. The third kappa shape index (κ3) is 4.05. The van der Waals surface area contributed by atoms with Crippen molar-refractivity contribution in [1.82, 2.24) is 9.55 Å². The number of aldehydes is 1. The largest absolute Gasteiger partial charge is 0.320 e. The van der Waals surface area contributed by atoms with Crippen molar-refractivity contribution in [3.63, 3.8) is 0 Å². The third-order valence-electron chi connectivity index (χ3n) is 4.59. The molecule has 3 aromatic rings. The molecule has 3 rings (SSSR count). The number of aromatic nitrogens is 2. The molecule has 0 fully saturated rings. The Balaban J connectivity index is 1.85. The van der Waals surface area contributed by atoms with E-state index in [1.54, 1.807) is 0 Å². The fourth-order valence-corrected chi connectivity index (χ4v) is 3.27. The molecule has 0 aliphatic carbocycles. The van der Waals surface area contributed by atoms with Crippen LogP contribution in [0.4, 0.5) is 0 Å². The van der Waals surface area contributed by atoms with Crippen LogP contribution in [-0.4, -0.2) is 15.8 Å². The van der Waals surface area contributed by atoms with Gasteiger partial charge in [-0.05, 0) is 30.0 Å². The van der Waals surface area contributed by atoms with Gasteiger partial charge in [-0.3, -0.25) is 4.79 Å². The molecule has 0 aliphatic rings. The van der Waals surface area contributed by atoms with Crippen LogP contribution in [0, 0.1) is 6.92 Å². The van der Waals surface area contributed by atoms with Gasteiger partial charge in [0.05, 0.1) is 0 Å². The highest BCUT2D eigenvalue weighted by molar-refractivity contribution is 6.31. The third-order valence-corrected chi connectivity index (χ3v) is 4.86. The van der Waals surface area contributed by atoms with Gasteiger partial charge in [0.1, 0.15) is 11.5 Å². The van der Waals surface area contributed by atoms with Crippen LogP contribution in [0.25, 0.3) is 11.1 Å². The lowest BCUT2D eigenvalue weighted by Crippen LogP contribution is -2.08. The van der Waals surface area contributed by atoms with E-state index in [0.717, 1.165) is 36.9 Å². The predicted molar refractivity (Wildman–Crippen MR) is 107 cm³/mol.